The normalized spacial score (nSPS) is 21.8. The molecule has 1 aromatic carbocycles. The van der Waals surface area contributed by atoms with Crippen LogP contribution < -0.4 is 5.32 Å². The van der Waals surface area contributed by atoms with Crippen molar-refractivity contribution < 1.29 is 17.9 Å². The van der Waals surface area contributed by atoms with Gasteiger partial charge in [-0.05, 0) is 43.0 Å². The average Bonchev–Trinajstić information content (AvgIpc) is 2.49. The van der Waals surface area contributed by atoms with Crippen LogP contribution in [-0.4, -0.2) is 32.8 Å². The molecule has 0 saturated heterocycles. The van der Waals surface area contributed by atoms with Crippen LogP contribution in [0, 0.1) is 5.92 Å². The second-order valence-electron chi connectivity index (χ2n) is 6.20. The van der Waals surface area contributed by atoms with E-state index in [1.165, 1.54) is 25.5 Å². The lowest BCUT2D eigenvalue weighted by Gasteiger charge is -2.28. The van der Waals surface area contributed by atoms with E-state index in [0.717, 1.165) is 19.3 Å². The van der Waals surface area contributed by atoms with Gasteiger partial charge in [0.1, 0.15) is 0 Å². The summed E-state index contributed by atoms with van der Waals surface area (Å²) in [5.74, 6) is 0.300. The number of amides is 1. The van der Waals surface area contributed by atoms with Crippen molar-refractivity contribution in [1.29, 1.82) is 0 Å². The number of nitrogens with one attached hydrogen (secondary N) is 1. The van der Waals surface area contributed by atoms with Crippen molar-refractivity contribution in [1.82, 2.24) is 0 Å². The number of carbonyl (C=O) groups is 1. The maximum atomic E-state index is 12.3. The molecule has 1 aliphatic rings. The molecule has 0 radical (unpaired) electrons. The van der Waals surface area contributed by atoms with Crippen LogP contribution in [0.5, 0.6) is 0 Å². The first-order valence-electron chi connectivity index (χ1n) is 8.10. The smallest absolute Gasteiger partial charge is 0.221 e. The minimum absolute atomic E-state index is 0.0182. The van der Waals surface area contributed by atoms with E-state index in [1.807, 2.05) is 0 Å². The Morgan fingerprint density at radius 1 is 1.22 bits per heavy atom. The Bertz CT molecular complexity index is 624. The maximum Gasteiger partial charge on any atom is 0.221 e. The Labute approximate surface area is 138 Å². The number of sulfone groups is 1. The molecule has 0 heterocycles. The summed E-state index contributed by atoms with van der Waals surface area (Å²) in [5, 5.41) is 2.62. The monoisotopic (exact) mass is 339 g/mol. The summed E-state index contributed by atoms with van der Waals surface area (Å²) in [6, 6.07) is 6.23. The van der Waals surface area contributed by atoms with Crippen molar-refractivity contribution in [3.05, 3.63) is 24.3 Å². The lowest BCUT2D eigenvalue weighted by Crippen LogP contribution is -2.27. The second-order valence-corrected chi connectivity index (χ2v) is 8.30. The van der Waals surface area contributed by atoms with Gasteiger partial charge in [-0.2, -0.15) is 0 Å². The highest BCUT2D eigenvalue weighted by Gasteiger charge is 2.23. The standard InChI is InChI=1S/C17H25NO4S/c1-13-5-3-4-6-17(13)22-11-12-23(20,21)16-9-7-15(8-10-16)18-14(2)19/h7-10,13,17H,3-6,11-12H2,1-2H3,(H,18,19)/t13-,17-/m1/s1. The van der Waals surface area contributed by atoms with Gasteiger partial charge in [-0.25, -0.2) is 8.42 Å². The fourth-order valence-electron chi connectivity index (χ4n) is 2.91. The van der Waals surface area contributed by atoms with Crippen molar-refractivity contribution in [3.8, 4) is 0 Å². The Hall–Kier alpha value is -1.40. The molecular formula is C17H25NO4S. The molecule has 0 aliphatic heterocycles. The summed E-state index contributed by atoms with van der Waals surface area (Å²) in [7, 11) is -3.36. The molecule has 128 valence electrons. The molecule has 1 N–H and O–H groups in total. The number of benzene rings is 1. The molecule has 1 saturated carbocycles. The average molecular weight is 339 g/mol. The SMILES string of the molecule is CC(=O)Nc1ccc(S(=O)(=O)CCO[C@@H]2CCCC[C@H]2C)cc1. The first-order chi connectivity index (χ1) is 10.9. The minimum Gasteiger partial charge on any atom is -0.377 e. The summed E-state index contributed by atoms with van der Waals surface area (Å²) in [5.41, 5.74) is 0.587. The third-order valence-electron chi connectivity index (χ3n) is 4.25. The number of carbonyl (C=O) groups excluding carboxylic acids is 1. The predicted molar refractivity (Wildman–Crippen MR) is 90.2 cm³/mol. The Morgan fingerprint density at radius 3 is 2.48 bits per heavy atom. The molecule has 0 bridgehead atoms. The van der Waals surface area contributed by atoms with Gasteiger partial charge < -0.3 is 10.1 Å². The first kappa shape index (κ1) is 17.9. The number of hydrogen-bond donors (Lipinski definition) is 1. The molecule has 1 fully saturated rings. The number of anilines is 1. The molecule has 1 aromatic rings. The molecule has 0 unspecified atom stereocenters. The molecule has 1 amide bonds. The van der Waals surface area contributed by atoms with Crippen molar-refractivity contribution in [2.75, 3.05) is 17.7 Å². The lowest BCUT2D eigenvalue weighted by atomic mass is 9.88. The van der Waals surface area contributed by atoms with Crippen molar-refractivity contribution >= 4 is 21.4 Å². The Balaban J connectivity index is 1.89. The third-order valence-corrected chi connectivity index (χ3v) is 5.95. The molecule has 0 spiro atoms. The predicted octanol–water partition coefficient (Wildman–Crippen LogP) is 3.01. The largest absolute Gasteiger partial charge is 0.377 e. The van der Waals surface area contributed by atoms with Crippen LogP contribution in [0.1, 0.15) is 39.5 Å². The van der Waals surface area contributed by atoms with Crippen LogP contribution >= 0.6 is 0 Å². The highest BCUT2D eigenvalue weighted by atomic mass is 32.2. The Morgan fingerprint density at radius 2 is 1.87 bits per heavy atom. The van der Waals surface area contributed by atoms with E-state index in [-0.39, 0.29) is 29.3 Å². The topological polar surface area (TPSA) is 72.5 Å². The molecule has 6 heteroatoms. The number of rotatable bonds is 6. The second kappa shape index (κ2) is 7.93. The van der Waals surface area contributed by atoms with Gasteiger partial charge in [0.15, 0.2) is 9.84 Å². The van der Waals surface area contributed by atoms with Crippen LogP contribution in [0.4, 0.5) is 5.69 Å². The van der Waals surface area contributed by atoms with E-state index in [4.69, 9.17) is 4.74 Å². The molecule has 1 aliphatic carbocycles. The fourth-order valence-corrected chi connectivity index (χ4v) is 4.01. The van der Waals surface area contributed by atoms with E-state index >= 15 is 0 Å². The Kier molecular flexibility index (Phi) is 6.18. The molecule has 5 nitrogen and oxygen atoms in total. The van der Waals surface area contributed by atoms with Gasteiger partial charge in [0.05, 0.1) is 23.4 Å². The van der Waals surface area contributed by atoms with Crippen LogP contribution in [0.15, 0.2) is 29.2 Å². The summed E-state index contributed by atoms with van der Waals surface area (Å²) >= 11 is 0. The highest BCUT2D eigenvalue weighted by molar-refractivity contribution is 7.91. The molecule has 0 aromatic heterocycles. The van der Waals surface area contributed by atoms with Gasteiger partial charge in [-0.1, -0.05) is 19.8 Å². The van der Waals surface area contributed by atoms with Gasteiger partial charge in [0.25, 0.3) is 0 Å². The molecular weight excluding hydrogens is 314 g/mol. The van der Waals surface area contributed by atoms with E-state index in [0.29, 0.717) is 11.6 Å². The summed E-state index contributed by atoms with van der Waals surface area (Å²) < 4.78 is 30.4. The van der Waals surface area contributed by atoms with Gasteiger partial charge in [-0.15, -0.1) is 0 Å². The van der Waals surface area contributed by atoms with E-state index in [1.54, 1.807) is 12.1 Å². The van der Waals surface area contributed by atoms with Crippen LogP contribution in [-0.2, 0) is 19.4 Å². The van der Waals surface area contributed by atoms with Gasteiger partial charge in [0, 0.05) is 12.6 Å². The third kappa shape index (κ3) is 5.32. The van der Waals surface area contributed by atoms with Crippen molar-refractivity contribution in [2.24, 2.45) is 5.92 Å². The zero-order valence-corrected chi connectivity index (χ0v) is 14.6. The van der Waals surface area contributed by atoms with Crippen molar-refractivity contribution in [2.45, 2.75) is 50.5 Å². The maximum absolute atomic E-state index is 12.3. The number of hydrogen-bond acceptors (Lipinski definition) is 4. The fraction of sp³-hybridized carbons (Fsp3) is 0.588. The van der Waals surface area contributed by atoms with Crippen molar-refractivity contribution in [3.63, 3.8) is 0 Å². The first-order valence-corrected chi connectivity index (χ1v) is 9.76. The summed E-state index contributed by atoms with van der Waals surface area (Å²) in [4.78, 5) is 11.2. The zero-order chi connectivity index (χ0) is 16.9. The van der Waals surface area contributed by atoms with Crippen LogP contribution in [0.25, 0.3) is 0 Å². The molecule has 2 atom stereocenters. The van der Waals surface area contributed by atoms with E-state index in [9.17, 15) is 13.2 Å². The highest BCUT2D eigenvalue weighted by Crippen LogP contribution is 2.26. The minimum atomic E-state index is -3.36. The lowest BCUT2D eigenvalue weighted by molar-refractivity contribution is -0.114. The summed E-state index contributed by atoms with van der Waals surface area (Å²) in [6.45, 7) is 3.80. The summed E-state index contributed by atoms with van der Waals surface area (Å²) in [6.07, 6.45) is 4.75. The molecule has 23 heavy (non-hydrogen) atoms. The van der Waals surface area contributed by atoms with Crippen LogP contribution in [0.2, 0.25) is 0 Å². The van der Waals surface area contributed by atoms with E-state index in [2.05, 4.69) is 12.2 Å². The molecule has 2 rings (SSSR count). The van der Waals surface area contributed by atoms with E-state index < -0.39 is 9.84 Å². The van der Waals surface area contributed by atoms with Gasteiger partial charge in [-0.3, -0.25) is 4.79 Å². The van der Waals surface area contributed by atoms with Crippen LogP contribution in [0.3, 0.4) is 0 Å². The zero-order valence-electron chi connectivity index (χ0n) is 13.7. The van der Waals surface area contributed by atoms with Gasteiger partial charge in [0.2, 0.25) is 5.91 Å². The number of ether oxygens (including phenoxy) is 1. The quantitative estimate of drug-likeness (QED) is 0.865. The van der Waals surface area contributed by atoms with Gasteiger partial charge >= 0.3 is 0 Å².